The van der Waals surface area contributed by atoms with Crippen molar-refractivity contribution in [2.45, 2.75) is 40.7 Å². The summed E-state index contributed by atoms with van der Waals surface area (Å²) in [6.45, 7) is 10.9. The minimum Gasteiger partial charge on any atom is -0.492 e. The van der Waals surface area contributed by atoms with Crippen LogP contribution < -0.4 is 10.1 Å². The lowest BCUT2D eigenvalue weighted by Gasteiger charge is -2.13. The Morgan fingerprint density at radius 2 is 2.11 bits per heavy atom. The second-order valence-electron chi connectivity index (χ2n) is 5.16. The first-order chi connectivity index (χ1) is 9.13. The zero-order valence-corrected chi connectivity index (χ0v) is 12.5. The van der Waals surface area contributed by atoms with Crippen molar-refractivity contribution in [1.29, 1.82) is 0 Å². The highest BCUT2D eigenvalue weighted by Crippen LogP contribution is 2.20. The summed E-state index contributed by atoms with van der Waals surface area (Å²) in [6.07, 6.45) is 0.781. The van der Waals surface area contributed by atoms with Crippen LogP contribution in [-0.4, -0.2) is 13.2 Å². The average Bonchev–Trinajstić information content (AvgIpc) is 2.36. The first kappa shape index (κ1) is 15.6. The van der Waals surface area contributed by atoms with Gasteiger partial charge in [-0.3, -0.25) is 0 Å². The second-order valence-corrected chi connectivity index (χ2v) is 5.16. The minimum atomic E-state index is 0.654. The normalized spacial score (nSPS) is 10.2. The Bertz CT molecular complexity index is 440. The van der Waals surface area contributed by atoms with Crippen molar-refractivity contribution < 1.29 is 4.74 Å². The van der Waals surface area contributed by atoms with E-state index in [0.29, 0.717) is 12.5 Å². The zero-order valence-electron chi connectivity index (χ0n) is 12.5. The number of hydrogen-bond acceptors (Lipinski definition) is 2. The van der Waals surface area contributed by atoms with Gasteiger partial charge in [-0.1, -0.05) is 31.5 Å². The number of aryl methyl sites for hydroxylation is 1. The van der Waals surface area contributed by atoms with Gasteiger partial charge in [-0.25, -0.2) is 0 Å². The Morgan fingerprint density at radius 1 is 1.32 bits per heavy atom. The third-order valence-corrected chi connectivity index (χ3v) is 2.75. The van der Waals surface area contributed by atoms with E-state index in [-0.39, 0.29) is 0 Å². The lowest BCUT2D eigenvalue weighted by atomic mass is 10.1. The molecule has 0 bridgehead atoms. The molecule has 0 fully saturated rings. The number of rotatable bonds is 7. The smallest absolute Gasteiger partial charge is 0.123 e. The van der Waals surface area contributed by atoms with Crippen LogP contribution in [0.1, 0.15) is 38.3 Å². The molecule has 0 aliphatic rings. The first-order valence-electron chi connectivity index (χ1n) is 6.96. The third kappa shape index (κ3) is 6.31. The SMILES string of the molecule is CC#CCCOc1ccc(C)cc1CNCC(C)C. The van der Waals surface area contributed by atoms with Gasteiger partial charge in [-0.2, -0.15) is 0 Å². The maximum Gasteiger partial charge on any atom is 0.123 e. The van der Waals surface area contributed by atoms with Crippen LogP contribution in [0.2, 0.25) is 0 Å². The van der Waals surface area contributed by atoms with E-state index in [1.54, 1.807) is 0 Å². The molecule has 1 rings (SSSR count). The van der Waals surface area contributed by atoms with Crippen LogP contribution in [0.4, 0.5) is 0 Å². The molecule has 0 heterocycles. The van der Waals surface area contributed by atoms with Crippen LogP contribution in [-0.2, 0) is 6.54 Å². The van der Waals surface area contributed by atoms with E-state index in [9.17, 15) is 0 Å². The summed E-state index contributed by atoms with van der Waals surface area (Å²) in [5, 5.41) is 3.46. The van der Waals surface area contributed by atoms with Gasteiger partial charge in [0.15, 0.2) is 0 Å². The Morgan fingerprint density at radius 3 is 2.79 bits per heavy atom. The van der Waals surface area contributed by atoms with Crippen LogP contribution >= 0.6 is 0 Å². The molecule has 1 aromatic rings. The van der Waals surface area contributed by atoms with Gasteiger partial charge < -0.3 is 10.1 Å². The van der Waals surface area contributed by atoms with Gasteiger partial charge in [0.25, 0.3) is 0 Å². The maximum atomic E-state index is 5.81. The minimum absolute atomic E-state index is 0.654. The molecule has 2 heteroatoms. The number of ether oxygens (including phenoxy) is 1. The molecule has 19 heavy (non-hydrogen) atoms. The van der Waals surface area contributed by atoms with E-state index in [0.717, 1.165) is 25.3 Å². The number of hydrogen-bond donors (Lipinski definition) is 1. The zero-order chi connectivity index (χ0) is 14.1. The second kappa shape index (κ2) is 8.61. The highest BCUT2D eigenvalue weighted by atomic mass is 16.5. The van der Waals surface area contributed by atoms with E-state index in [4.69, 9.17) is 4.74 Å². The van der Waals surface area contributed by atoms with E-state index in [1.165, 1.54) is 11.1 Å². The van der Waals surface area contributed by atoms with E-state index >= 15 is 0 Å². The lowest BCUT2D eigenvalue weighted by Crippen LogP contribution is -2.19. The summed E-state index contributed by atoms with van der Waals surface area (Å²) in [7, 11) is 0. The number of nitrogens with one attached hydrogen (secondary N) is 1. The summed E-state index contributed by atoms with van der Waals surface area (Å²) in [5.74, 6) is 7.53. The van der Waals surface area contributed by atoms with E-state index < -0.39 is 0 Å². The topological polar surface area (TPSA) is 21.3 Å². The predicted molar refractivity (Wildman–Crippen MR) is 81.3 cm³/mol. The van der Waals surface area contributed by atoms with Gasteiger partial charge in [0, 0.05) is 18.5 Å². The Balaban J connectivity index is 2.59. The number of benzene rings is 1. The quantitative estimate of drug-likeness (QED) is 0.597. The molecule has 0 radical (unpaired) electrons. The van der Waals surface area contributed by atoms with Crippen LogP contribution in [0.5, 0.6) is 5.75 Å². The van der Waals surface area contributed by atoms with Gasteiger partial charge in [0.05, 0.1) is 6.61 Å². The maximum absolute atomic E-state index is 5.81. The van der Waals surface area contributed by atoms with Crippen molar-refractivity contribution in [3.8, 4) is 17.6 Å². The van der Waals surface area contributed by atoms with Crippen molar-refractivity contribution in [3.63, 3.8) is 0 Å². The third-order valence-electron chi connectivity index (χ3n) is 2.75. The molecule has 0 amide bonds. The fraction of sp³-hybridized carbons (Fsp3) is 0.529. The molecule has 2 nitrogen and oxygen atoms in total. The molecule has 1 N–H and O–H groups in total. The fourth-order valence-electron chi connectivity index (χ4n) is 1.82. The lowest BCUT2D eigenvalue weighted by molar-refractivity contribution is 0.322. The van der Waals surface area contributed by atoms with E-state index in [2.05, 4.69) is 56.1 Å². The average molecular weight is 259 g/mol. The van der Waals surface area contributed by atoms with Crippen LogP contribution in [0.25, 0.3) is 0 Å². The molecule has 0 aliphatic carbocycles. The molecule has 0 unspecified atom stereocenters. The standard InChI is InChI=1S/C17H25NO/c1-5-6-7-10-19-17-9-8-15(4)11-16(17)13-18-12-14(2)3/h8-9,11,14,18H,7,10,12-13H2,1-4H3. The molecule has 0 aliphatic heterocycles. The molecule has 0 spiro atoms. The molecule has 104 valence electrons. The molecule has 1 aromatic carbocycles. The molecule has 0 aromatic heterocycles. The van der Waals surface area contributed by atoms with Crippen molar-refractivity contribution >= 4 is 0 Å². The van der Waals surface area contributed by atoms with Crippen molar-refractivity contribution in [2.24, 2.45) is 5.92 Å². The summed E-state index contributed by atoms with van der Waals surface area (Å²) in [4.78, 5) is 0. The largest absolute Gasteiger partial charge is 0.492 e. The highest BCUT2D eigenvalue weighted by Gasteiger charge is 2.04. The predicted octanol–water partition coefficient (Wildman–Crippen LogP) is 3.53. The Kier molecular flexibility index (Phi) is 7.07. The summed E-state index contributed by atoms with van der Waals surface area (Å²) in [5.41, 5.74) is 2.49. The molecule has 0 saturated carbocycles. The van der Waals surface area contributed by atoms with Crippen molar-refractivity contribution in [1.82, 2.24) is 5.32 Å². The van der Waals surface area contributed by atoms with Gasteiger partial charge >= 0.3 is 0 Å². The van der Waals surface area contributed by atoms with Crippen molar-refractivity contribution in [2.75, 3.05) is 13.2 Å². The van der Waals surface area contributed by atoms with Crippen LogP contribution in [0, 0.1) is 24.7 Å². The van der Waals surface area contributed by atoms with Crippen LogP contribution in [0.15, 0.2) is 18.2 Å². The highest BCUT2D eigenvalue weighted by molar-refractivity contribution is 5.36. The first-order valence-corrected chi connectivity index (χ1v) is 6.96. The Hall–Kier alpha value is -1.46. The summed E-state index contributed by atoms with van der Waals surface area (Å²) < 4.78 is 5.81. The van der Waals surface area contributed by atoms with Crippen LogP contribution in [0.3, 0.4) is 0 Å². The molecular formula is C17H25NO. The fourth-order valence-corrected chi connectivity index (χ4v) is 1.82. The molecule has 0 saturated heterocycles. The monoisotopic (exact) mass is 259 g/mol. The summed E-state index contributed by atoms with van der Waals surface area (Å²) in [6, 6.07) is 6.34. The molecular weight excluding hydrogens is 234 g/mol. The van der Waals surface area contributed by atoms with Gasteiger partial charge in [0.2, 0.25) is 0 Å². The molecule has 0 atom stereocenters. The summed E-state index contributed by atoms with van der Waals surface area (Å²) >= 11 is 0. The van der Waals surface area contributed by atoms with Gasteiger partial charge in [-0.15, -0.1) is 11.8 Å². The Labute approximate surface area is 117 Å². The van der Waals surface area contributed by atoms with Crippen molar-refractivity contribution in [3.05, 3.63) is 29.3 Å². The van der Waals surface area contributed by atoms with Gasteiger partial charge in [0.1, 0.15) is 5.75 Å². The van der Waals surface area contributed by atoms with E-state index in [1.807, 2.05) is 6.92 Å². The van der Waals surface area contributed by atoms with Gasteiger partial charge in [-0.05, 0) is 32.4 Å².